The van der Waals surface area contributed by atoms with Gasteiger partial charge in [0.25, 0.3) is 0 Å². The molecule has 2 fully saturated rings. The van der Waals surface area contributed by atoms with E-state index in [1.807, 2.05) is 34.1 Å². The molecule has 1 saturated heterocycles. The average molecular weight is 377 g/mol. The number of urea groups is 1. The van der Waals surface area contributed by atoms with Crippen LogP contribution in [0.25, 0.3) is 0 Å². The molecule has 4 rings (SSSR count). The summed E-state index contributed by atoms with van der Waals surface area (Å²) in [5, 5.41) is 2.94. The Labute approximate surface area is 166 Å². The molecular formula is C23H27N3O2. The minimum absolute atomic E-state index is 0.0418. The standard InChI is InChI=1S/C23H27N3O2/c1-16-12-17(2)14-18(13-16)15-25-10-3-11-26(23(25)28)21-8-6-20(7-9-21)24-22(27)19-4-5-19/h6-9,12-14,19H,3-5,10-11,15H2,1-2H3,(H,24,27). The van der Waals surface area contributed by atoms with Gasteiger partial charge in [0.1, 0.15) is 0 Å². The van der Waals surface area contributed by atoms with Crippen LogP contribution in [0.3, 0.4) is 0 Å². The molecule has 28 heavy (non-hydrogen) atoms. The fourth-order valence-electron chi connectivity index (χ4n) is 3.86. The van der Waals surface area contributed by atoms with Crippen molar-refractivity contribution in [1.82, 2.24) is 4.90 Å². The maximum Gasteiger partial charge on any atom is 0.324 e. The van der Waals surface area contributed by atoms with Gasteiger partial charge >= 0.3 is 6.03 Å². The van der Waals surface area contributed by atoms with Gasteiger partial charge in [-0.25, -0.2) is 4.79 Å². The highest BCUT2D eigenvalue weighted by Gasteiger charge is 2.30. The number of rotatable bonds is 5. The van der Waals surface area contributed by atoms with Crippen LogP contribution in [0.15, 0.2) is 42.5 Å². The molecule has 1 saturated carbocycles. The highest BCUT2D eigenvalue weighted by molar-refractivity contribution is 5.95. The Morgan fingerprint density at radius 2 is 1.71 bits per heavy atom. The van der Waals surface area contributed by atoms with E-state index < -0.39 is 0 Å². The van der Waals surface area contributed by atoms with E-state index in [-0.39, 0.29) is 17.9 Å². The molecule has 2 aromatic rings. The minimum atomic E-state index is 0.0418. The Kier molecular flexibility index (Phi) is 5.07. The molecule has 0 radical (unpaired) electrons. The maximum atomic E-state index is 13.0. The zero-order valence-electron chi connectivity index (χ0n) is 16.6. The molecule has 1 heterocycles. The molecule has 0 aromatic heterocycles. The SMILES string of the molecule is Cc1cc(C)cc(CN2CCCN(c3ccc(NC(=O)C4CC4)cc3)C2=O)c1. The zero-order valence-corrected chi connectivity index (χ0v) is 16.6. The van der Waals surface area contributed by atoms with Gasteiger partial charge in [0.15, 0.2) is 0 Å². The number of anilines is 2. The Hall–Kier alpha value is -2.82. The van der Waals surface area contributed by atoms with Crippen LogP contribution in [0, 0.1) is 19.8 Å². The van der Waals surface area contributed by atoms with Gasteiger partial charge in [-0.3, -0.25) is 9.69 Å². The summed E-state index contributed by atoms with van der Waals surface area (Å²) in [6, 6.07) is 14.1. The summed E-state index contributed by atoms with van der Waals surface area (Å²) in [5.41, 5.74) is 5.28. The van der Waals surface area contributed by atoms with Crippen LogP contribution >= 0.6 is 0 Å². The van der Waals surface area contributed by atoms with Crippen LogP contribution < -0.4 is 10.2 Å². The van der Waals surface area contributed by atoms with Gasteiger partial charge < -0.3 is 10.2 Å². The van der Waals surface area contributed by atoms with Crippen molar-refractivity contribution < 1.29 is 9.59 Å². The van der Waals surface area contributed by atoms with Crippen molar-refractivity contribution in [3.8, 4) is 0 Å². The summed E-state index contributed by atoms with van der Waals surface area (Å²) in [4.78, 5) is 28.7. The van der Waals surface area contributed by atoms with E-state index >= 15 is 0 Å². The number of nitrogens with one attached hydrogen (secondary N) is 1. The maximum absolute atomic E-state index is 13.0. The lowest BCUT2D eigenvalue weighted by molar-refractivity contribution is -0.117. The fraction of sp³-hybridized carbons (Fsp3) is 0.391. The quantitative estimate of drug-likeness (QED) is 0.835. The lowest BCUT2D eigenvalue weighted by atomic mass is 10.1. The van der Waals surface area contributed by atoms with E-state index in [0.717, 1.165) is 43.7 Å². The van der Waals surface area contributed by atoms with Crippen molar-refractivity contribution in [1.29, 1.82) is 0 Å². The molecular weight excluding hydrogens is 350 g/mol. The summed E-state index contributed by atoms with van der Waals surface area (Å²) < 4.78 is 0. The highest BCUT2D eigenvalue weighted by atomic mass is 16.2. The second-order valence-electron chi connectivity index (χ2n) is 8.02. The van der Waals surface area contributed by atoms with Crippen LogP contribution in [-0.4, -0.2) is 29.9 Å². The molecule has 0 atom stereocenters. The summed E-state index contributed by atoms with van der Waals surface area (Å²) in [6.45, 7) is 6.30. The van der Waals surface area contributed by atoms with Crippen molar-refractivity contribution in [2.24, 2.45) is 5.92 Å². The van der Waals surface area contributed by atoms with Gasteiger partial charge in [-0.15, -0.1) is 0 Å². The third-order valence-corrected chi connectivity index (χ3v) is 5.36. The lowest BCUT2D eigenvalue weighted by Gasteiger charge is -2.36. The third-order valence-electron chi connectivity index (χ3n) is 5.36. The zero-order chi connectivity index (χ0) is 19.7. The van der Waals surface area contributed by atoms with Gasteiger partial charge in [-0.1, -0.05) is 29.3 Å². The number of amides is 3. The van der Waals surface area contributed by atoms with Crippen LogP contribution in [0.1, 0.15) is 36.0 Å². The number of hydrogen-bond donors (Lipinski definition) is 1. The van der Waals surface area contributed by atoms with E-state index in [0.29, 0.717) is 6.54 Å². The Morgan fingerprint density at radius 1 is 1.04 bits per heavy atom. The third kappa shape index (κ3) is 4.19. The van der Waals surface area contributed by atoms with E-state index in [4.69, 9.17) is 0 Å². The van der Waals surface area contributed by atoms with Gasteiger partial charge in [0.2, 0.25) is 5.91 Å². The Morgan fingerprint density at radius 3 is 2.36 bits per heavy atom. The van der Waals surface area contributed by atoms with Gasteiger partial charge in [0.05, 0.1) is 0 Å². The summed E-state index contributed by atoms with van der Waals surface area (Å²) in [5.74, 6) is 0.281. The van der Waals surface area contributed by atoms with Crippen LogP contribution in [0.4, 0.5) is 16.2 Å². The van der Waals surface area contributed by atoms with Gasteiger partial charge in [-0.2, -0.15) is 0 Å². The second kappa shape index (κ2) is 7.66. The molecule has 2 aliphatic rings. The van der Waals surface area contributed by atoms with Crippen molar-refractivity contribution >= 4 is 23.3 Å². The first-order valence-corrected chi connectivity index (χ1v) is 10.0. The average Bonchev–Trinajstić information content (AvgIpc) is 3.49. The van der Waals surface area contributed by atoms with Crippen LogP contribution in [0.5, 0.6) is 0 Å². The molecule has 146 valence electrons. The molecule has 0 unspecified atom stereocenters. The molecule has 5 heteroatoms. The van der Waals surface area contributed by atoms with Gasteiger partial charge in [0, 0.05) is 36.9 Å². The number of carbonyl (C=O) groups excluding carboxylic acids is 2. The molecule has 5 nitrogen and oxygen atoms in total. The largest absolute Gasteiger partial charge is 0.326 e. The summed E-state index contributed by atoms with van der Waals surface area (Å²) in [6.07, 6.45) is 2.92. The van der Waals surface area contributed by atoms with E-state index in [1.165, 1.54) is 16.7 Å². The first-order valence-electron chi connectivity index (χ1n) is 10.0. The second-order valence-corrected chi connectivity index (χ2v) is 8.02. The lowest BCUT2D eigenvalue weighted by Crippen LogP contribution is -2.49. The van der Waals surface area contributed by atoms with E-state index in [2.05, 4.69) is 37.4 Å². The molecule has 1 aliphatic carbocycles. The molecule has 0 bridgehead atoms. The van der Waals surface area contributed by atoms with Crippen molar-refractivity contribution in [2.75, 3.05) is 23.3 Å². The molecule has 1 N–H and O–H groups in total. The monoisotopic (exact) mass is 377 g/mol. The Bertz CT molecular complexity index is 867. The first-order chi connectivity index (χ1) is 13.5. The molecule has 1 aliphatic heterocycles. The van der Waals surface area contributed by atoms with Crippen LogP contribution in [-0.2, 0) is 11.3 Å². The predicted molar refractivity (Wildman–Crippen MR) is 111 cm³/mol. The highest BCUT2D eigenvalue weighted by Crippen LogP contribution is 2.30. The van der Waals surface area contributed by atoms with Gasteiger partial charge in [-0.05, 0) is 62.9 Å². The normalized spacial score (nSPS) is 17.0. The first kappa shape index (κ1) is 18.5. The number of hydrogen-bond acceptors (Lipinski definition) is 2. The summed E-state index contributed by atoms with van der Waals surface area (Å²) >= 11 is 0. The summed E-state index contributed by atoms with van der Waals surface area (Å²) in [7, 11) is 0. The smallest absolute Gasteiger partial charge is 0.324 e. The molecule has 2 aromatic carbocycles. The minimum Gasteiger partial charge on any atom is -0.326 e. The van der Waals surface area contributed by atoms with E-state index in [9.17, 15) is 9.59 Å². The topological polar surface area (TPSA) is 52.6 Å². The van der Waals surface area contributed by atoms with Crippen molar-refractivity contribution in [3.05, 3.63) is 59.2 Å². The Balaban J connectivity index is 1.44. The predicted octanol–water partition coefficient (Wildman–Crippen LogP) is 4.48. The number of nitrogens with zero attached hydrogens (tertiary/aromatic N) is 2. The van der Waals surface area contributed by atoms with E-state index in [1.54, 1.807) is 0 Å². The number of carbonyl (C=O) groups is 2. The number of aryl methyl sites for hydroxylation is 2. The van der Waals surface area contributed by atoms with Crippen molar-refractivity contribution in [2.45, 2.75) is 39.7 Å². The molecule has 3 amide bonds. The number of benzene rings is 2. The van der Waals surface area contributed by atoms with Crippen molar-refractivity contribution in [3.63, 3.8) is 0 Å². The fourth-order valence-corrected chi connectivity index (χ4v) is 3.86. The van der Waals surface area contributed by atoms with Crippen LogP contribution in [0.2, 0.25) is 0 Å². The molecule has 0 spiro atoms.